The second-order valence-electron chi connectivity index (χ2n) is 6.62. The molecule has 0 saturated carbocycles. The number of benzene rings is 1. The third-order valence-corrected chi connectivity index (χ3v) is 6.82. The summed E-state index contributed by atoms with van der Waals surface area (Å²) in [6.07, 6.45) is 1.83. The second-order valence-corrected chi connectivity index (χ2v) is 8.56. The van der Waals surface area contributed by atoms with Crippen molar-refractivity contribution < 1.29 is 22.7 Å². The number of rotatable bonds is 5. The summed E-state index contributed by atoms with van der Waals surface area (Å²) in [4.78, 5) is 26.0. The van der Waals surface area contributed by atoms with Crippen LogP contribution < -0.4 is 5.32 Å². The van der Waals surface area contributed by atoms with Crippen LogP contribution in [0.3, 0.4) is 0 Å². The first-order chi connectivity index (χ1) is 12.9. The quantitative estimate of drug-likeness (QED) is 0.727. The van der Waals surface area contributed by atoms with Gasteiger partial charge in [0.05, 0.1) is 23.1 Å². The van der Waals surface area contributed by atoms with Gasteiger partial charge in [-0.3, -0.25) is 4.79 Å². The molecule has 148 valence electrons. The fourth-order valence-electron chi connectivity index (χ4n) is 3.39. The minimum Gasteiger partial charge on any atom is -0.462 e. The smallest absolute Gasteiger partial charge is 0.338 e. The van der Waals surface area contributed by atoms with E-state index in [-0.39, 0.29) is 36.5 Å². The van der Waals surface area contributed by atoms with E-state index in [1.54, 1.807) is 11.8 Å². The van der Waals surface area contributed by atoms with Crippen LogP contribution in [0.15, 0.2) is 29.2 Å². The molecule has 2 aliphatic heterocycles. The molecule has 2 saturated heterocycles. The fourth-order valence-corrected chi connectivity index (χ4v) is 4.81. The van der Waals surface area contributed by atoms with E-state index in [4.69, 9.17) is 4.74 Å². The monoisotopic (exact) mass is 395 g/mol. The molecular formula is C18H25N3O5S. The zero-order valence-corrected chi connectivity index (χ0v) is 16.2. The zero-order chi connectivity index (χ0) is 19.4. The standard InChI is InChI=1S/C18H25N3O5S/c1-2-26-18(23)14-5-7-15(8-6-14)27(24,25)21-12-10-20(11-13-21)17(22)16-4-3-9-19-16/h5-8,16,19H,2-4,9-13H2,1H3. The minimum atomic E-state index is -3.66. The molecule has 1 aromatic rings. The highest BCUT2D eigenvalue weighted by molar-refractivity contribution is 7.89. The Hall–Kier alpha value is -1.97. The Labute approximate surface area is 159 Å². The van der Waals surface area contributed by atoms with Crippen molar-refractivity contribution in [3.8, 4) is 0 Å². The van der Waals surface area contributed by atoms with Gasteiger partial charge in [-0.05, 0) is 50.6 Å². The Morgan fingerprint density at radius 1 is 1.15 bits per heavy atom. The Balaban J connectivity index is 1.62. The lowest BCUT2D eigenvalue weighted by molar-refractivity contribution is -0.134. The number of hydrogen-bond donors (Lipinski definition) is 1. The van der Waals surface area contributed by atoms with E-state index in [2.05, 4.69) is 5.32 Å². The molecule has 1 aromatic carbocycles. The van der Waals surface area contributed by atoms with E-state index >= 15 is 0 Å². The lowest BCUT2D eigenvalue weighted by atomic mass is 10.2. The number of carbonyl (C=O) groups excluding carboxylic acids is 2. The predicted molar refractivity (Wildman–Crippen MR) is 98.8 cm³/mol. The average Bonchev–Trinajstić information content (AvgIpc) is 3.22. The molecule has 2 heterocycles. The van der Waals surface area contributed by atoms with Crippen molar-refractivity contribution in [2.75, 3.05) is 39.3 Å². The summed E-state index contributed by atoms with van der Waals surface area (Å²) in [5, 5.41) is 3.18. The van der Waals surface area contributed by atoms with Gasteiger partial charge < -0.3 is 15.0 Å². The summed E-state index contributed by atoms with van der Waals surface area (Å²) in [6, 6.07) is 5.61. The topological polar surface area (TPSA) is 96.0 Å². The van der Waals surface area contributed by atoms with Crippen molar-refractivity contribution in [3.05, 3.63) is 29.8 Å². The van der Waals surface area contributed by atoms with Crippen LogP contribution in [0, 0.1) is 0 Å². The zero-order valence-electron chi connectivity index (χ0n) is 15.4. The van der Waals surface area contributed by atoms with Gasteiger partial charge in [-0.25, -0.2) is 13.2 Å². The summed E-state index contributed by atoms with van der Waals surface area (Å²) in [5.41, 5.74) is 0.315. The molecule has 0 radical (unpaired) electrons. The number of esters is 1. The average molecular weight is 395 g/mol. The van der Waals surface area contributed by atoms with E-state index in [1.165, 1.54) is 28.6 Å². The van der Waals surface area contributed by atoms with Crippen molar-refractivity contribution in [1.82, 2.24) is 14.5 Å². The molecule has 1 unspecified atom stereocenters. The van der Waals surface area contributed by atoms with E-state index in [9.17, 15) is 18.0 Å². The molecule has 0 aromatic heterocycles. The lowest BCUT2D eigenvalue weighted by Gasteiger charge is -2.35. The van der Waals surface area contributed by atoms with E-state index in [0.29, 0.717) is 18.7 Å². The lowest BCUT2D eigenvalue weighted by Crippen LogP contribution is -2.54. The maximum absolute atomic E-state index is 12.8. The maximum Gasteiger partial charge on any atom is 0.338 e. The Morgan fingerprint density at radius 3 is 2.37 bits per heavy atom. The second kappa shape index (κ2) is 8.37. The van der Waals surface area contributed by atoms with Crippen LogP contribution in [0.4, 0.5) is 0 Å². The van der Waals surface area contributed by atoms with Gasteiger partial charge in [-0.1, -0.05) is 0 Å². The van der Waals surface area contributed by atoms with Gasteiger partial charge in [0.2, 0.25) is 15.9 Å². The molecule has 2 fully saturated rings. The van der Waals surface area contributed by atoms with Crippen LogP contribution in [-0.2, 0) is 19.6 Å². The van der Waals surface area contributed by atoms with Gasteiger partial charge in [-0.15, -0.1) is 0 Å². The molecule has 1 N–H and O–H groups in total. The van der Waals surface area contributed by atoms with E-state index in [1.807, 2.05) is 0 Å². The van der Waals surface area contributed by atoms with E-state index < -0.39 is 16.0 Å². The normalized spacial score (nSPS) is 21.2. The molecule has 8 nitrogen and oxygen atoms in total. The number of hydrogen-bond acceptors (Lipinski definition) is 6. The number of carbonyl (C=O) groups is 2. The molecule has 1 atom stereocenters. The molecular weight excluding hydrogens is 370 g/mol. The maximum atomic E-state index is 12.8. The number of sulfonamides is 1. The number of ether oxygens (including phenoxy) is 1. The van der Waals surface area contributed by atoms with Gasteiger partial charge in [-0.2, -0.15) is 4.31 Å². The van der Waals surface area contributed by atoms with Crippen molar-refractivity contribution >= 4 is 21.9 Å². The summed E-state index contributed by atoms with van der Waals surface area (Å²) in [6.45, 7) is 4.13. The summed E-state index contributed by atoms with van der Waals surface area (Å²) in [7, 11) is -3.66. The van der Waals surface area contributed by atoms with Crippen molar-refractivity contribution in [1.29, 1.82) is 0 Å². The molecule has 9 heteroatoms. The summed E-state index contributed by atoms with van der Waals surface area (Å²) in [5.74, 6) is -0.419. The van der Waals surface area contributed by atoms with Gasteiger partial charge in [0.25, 0.3) is 0 Å². The number of amides is 1. The van der Waals surface area contributed by atoms with Crippen molar-refractivity contribution in [2.45, 2.75) is 30.7 Å². The first-order valence-electron chi connectivity index (χ1n) is 9.23. The first kappa shape index (κ1) is 19.8. The van der Waals surface area contributed by atoms with Gasteiger partial charge in [0, 0.05) is 26.2 Å². The number of piperazine rings is 1. The van der Waals surface area contributed by atoms with Crippen LogP contribution in [-0.4, -0.2) is 74.9 Å². The Morgan fingerprint density at radius 2 is 1.81 bits per heavy atom. The molecule has 27 heavy (non-hydrogen) atoms. The number of nitrogens with zero attached hydrogens (tertiary/aromatic N) is 2. The number of nitrogens with one attached hydrogen (secondary N) is 1. The van der Waals surface area contributed by atoms with Crippen LogP contribution in [0.25, 0.3) is 0 Å². The largest absolute Gasteiger partial charge is 0.462 e. The first-order valence-corrected chi connectivity index (χ1v) is 10.7. The van der Waals surface area contributed by atoms with Gasteiger partial charge >= 0.3 is 5.97 Å². The molecule has 0 bridgehead atoms. The summed E-state index contributed by atoms with van der Waals surface area (Å²) >= 11 is 0. The van der Waals surface area contributed by atoms with Crippen LogP contribution in [0.2, 0.25) is 0 Å². The SMILES string of the molecule is CCOC(=O)c1ccc(S(=O)(=O)N2CCN(C(=O)C3CCCN3)CC2)cc1. The molecule has 0 aliphatic carbocycles. The highest BCUT2D eigenvalue weighted by Crippen LogP contribution is 2.19. The van der Waals surface area contributed by atoms with Crippen LogP contribution in [0.1, 0.15) is 30.1 Å². The molecule has 0 spiro atoms. The molecule has 2 aliphatic rings. The third-order valence-electron chi connectivity index (χ3n) is 4.91. The Kier molecular flexibility index (Phi) is 6.13. The Bertz CT molecular complexity index is 780. The fraction of sp³-hybridized carbons (Fsp3) is 0.556. The van der Waals surface area contributed by atoms with Crippen LogP contribution >= 0.6 is 0 Å². The van der Waals surface area contributed by atoms with Gasteiger partial charge in [0.15, 0.2) is 0 Å². The minimum absolute atomic E-state index is 0.0586. The van der Waals surface area contributed by atoms with Gasteiger partial charge in [0.1, 0.15) is 0 Å². The van der Waals surface area contributed by atoms with E-state index in [0.717, 1.165) is 19.4 Å². The third kappa shape index (κ3) is 4.31. The van der Waals surface area contributed by atoms with Crippen molar-refractivity contribution in [3.63, 3.8) is 0 Å². The molecule has 1 amide bonds. The molecule has 3 rings (SSSR count). The summed E-state index contributed by atoms with van der Waals surface area (Å²) < 4.78 is 31.9. The predicted octanol–water partition coefficient (Wildman–Crippen LogP) is 0.448. The van der Waals surface area contributed by atoms with Crippen molar-refractivity contribution in [2.24, 2.45) is 0 Å². The highest BCUT2D eigenvalue weighted by atomic mass is 32.2. The highest BCUT2D eigenvalue weighted by Gasteiger charge is 2.33. The van der Waals surface area contributed by atoms with Crippen LogP contribution in [0.5, 0.6) is 0 Å².